The quantitative estimate of drug-likeness (QED) is 0.771. The summed E-state index contributed by atoms with van der Waals surface area (Å²) in [5.41, 5.74) is -0.618. The molecule has 0 fully saturated rings. The third-order valence-corrected chi connectivity index (χ3v) is 1.33. The fraction of sp³-hybridized carbons (Fsp3) is 0.556. The van der Waals surface area contributed by atoms with Crippen molar-refractivity contribution in [2.24, 2.45) is 0 Å². The van der Waals surface area contributed by atoms with Crippen molar-refractivity contribution in [3.8, 4) is 0 Å². The van der Waals surface area contributed by atoms with E-state index >= 15 is 0 Å². The van der Waals surface area contributed by atoms with Gasteiger partial charge in [0.1, 0.15) is 5.60 Å². The van der Waals surface area contributed by atoms with Gasteiger partial charge in [-0.2, -0.15) is 0 Å². The molecule has 7 heteroatoms. The molecule has 7 nitrogen and oxygen atoms in total. The van der Waals surface area contributed by atoms with Crippen LogP contribution in [-0.4, -0.2) is 27.7 Å². The molecule has 88 valence electrons. The number of aromatic nitrogens is 2. The van der Waals surface area contributed by atoms with Gasteiger partial charge in [-0.25, -0.2) is 10.1 Å². The van der Waals surface area contributed by atoms with E-state index in [9.17, 15) is 9.59 Å². The smallest absolute Gasteiger partial charge is 0.415 e. The number of amides is 1. The Morgan fingerprint density at radius 2 is 1.94 bits per heavy atom. The fourth-order valence-electron chi connectivity index (χ4n) is 0.807. The lowest BCUT2D eigenvalue weighted by molar-refractivity contribution is 0.0630. The Bertz CT molecular complexity index is 405. The van der Waals surface area contributed by atoms with E-state index in [0.29, 0.717) is 0 Å². The summed E-state index contributed by atoms with van der Waals surface area (Å²) in [5, 5.41) is 9.11. The van der Waals surface area contributed by atoms with Crippen LogP contribution in [0.4, 0.5) is 10.8 Å². The third kappa shape index (κ3) is 3.68. The molecule has 1 rings (SSSR count). The van der Waals surface area contributed by atoms with Crippen LogP contribution in [-0.2, 0) is 4.74 Å². The van der Waals surface area contributed by atoms with Crippen LogP contribution in [0.1, 0.15) is 38.4 Å². The van der Waals surface area contributed by atoms with E-state index in [1.54, 1.807) is 20.8 Å². The number of hydrogen-bond acceptors (Lipinski definition) is 6. The molecule has 0 aliphatic rings. The van der Waals surface area contributed by atoms with E-state index in [0.717, 1.165) is 0 Å². The van der Waals surface area contributed by atoms with Gasteiger partial charge < -0.3 is 9.15 Å². The number of ketones is 1. The zero-order chi connectivity index (χ0) is 12.3. The highest BCUT2D eigenvalue weighted by atomic mass is 16.6. The lowest BCUT2D eigenvalue weighted by Gasteiger charge is -2.18. The number of hydrogen-bond donors (Lipinski definition) is 1. The molecule has 0 unspecified atom stereocenters. The van der Waals surface area contributed by atoms with Gasteiger partial charge in [-0.15, -0.1) is 5.10 Å². The molecule has 0 aliphatic heterocycles. The number of nitrogens with one attached hydrogen (secondary N) is 1. The van der Waals surface area contributed by atoms with Crippen molar-refractivity contribution in [1.29, 1.82) is 0 Å². The maximum Gasteiger partial charge on any atom is 0.415 e. The predicted octanol–water partition coefficient (Wildman–Crippen LogP) is 1.62. The number of rotatable bonds is 2. The fourth-order valence-corrected chi connectivity index (χ4v) is 0.807. The maximum absolute atomic E-state index is 11.3. The molecule has 0 aromatic carbocycles. The highest BCUT2D eigenvalue weighted by Gasteiger charge is 2.18. The van der Waals surface area contributed by atoms with E-state index in [4.69, 9.17) is 9.15 Å². The van der Waals surface area contributed by atoms with Crippen molar-refractivity contribution in [3.63, 3.8) is 0 Å². The van der Waals surface area contributed by atoms with Crippen molar-refractivity contribution >= 4 is 17.9 Å². The van der Waals surface area contributed by atoms with E-state index in [1.807, 2.05) is 0 Å². The van der Waals surface area contributed by atoms with Crippen molar-refractivity contribution in [2.75, 3.05) is 5.32 Å². The molecular weight excluding hydrogens is 214 g/mol. The van der Waals surface area contributed by atoms with Crippen molar-refractivity contribution in [2.45, 2.75) is 33.3 Å². The molecule has 1 heterocycles. The minimum Gasteiger partial charge on any atom is -0.443 e. The standard InChI is InChI=1S/C9H13N3O4/c1-5(13)6-11-12-7(15-6)10-8(14)16-9(2,3)4/h1-4H3,(H,10,12,14). The average molecular weight is 227 g/mol. The molecule has 0 aliphatic carbocycles. The van der Waals surface area contributed by atoms with Gasteiger partial charge in [0.15, 0.2) is 0 Å². The summed E-state index contributed by atoms with van der Waals surface area (Å²) in [6.07, 6.45) is -0.716. The largest absolute Gasteiger partial charge is 0.443 e. The molecule has 1 aromatic rings. The first-order valence-corrected chi connectivity index (χ1v) is 4.62. The zero-order valence-electron chi connectivity index (χ0n) is 9.53. The second-order valence-electron chi connectivity index (χ2n) is 4.10. The molecule has 0 saturated heterocycles. The average Bonchev–Trinajstić information content (AvgIpc) is 2.48. The van der Waals surface area contributed by atoms with Crippen LogP contribution in [0.25, 0.3) is 0 Å². The zero-order valence-corrected chi connectivity index (χ0v) is 9.53. The summed E-state index contributed by atoms with van der Waals surface area (Å²) in [4.78, 5) is 22.1. The van der Waals surface area contributed by atoms with Crippen LogP contribution in [0.15, 0.2) is 4.42 Å². The van der Waals surface area contributed by atoms with Gasteiger partial charge in [-0.05, 0) is 20.8 Å². The minimum absolute atomic E-state index is 0.161. The topological polar surface area (TPSA) is 94.3 Å². The van der Waals surface area contributed by atoms with Crippen molar-refractivity contribution in [3.05, 3.63) is 5.89 Å². The summed E-state index contributed by atoms with van der Waals surface area (Å²) in [5.74, 6) is -0.532. The van der Waals surface area contributed by atoms with E-state index in [-0.39, 0.29) is 17.7 Å². The molecule has 0 bridgehead atoms. The summed E-state index contributed by atoms with van der Waals surface area (Å²) < 4.78 is 9.80. The van der Waals surface area contributed by atoms with Crippen LogP contribution in [0, 0.1) is 0 Å². The first-order chi connectivity index (χ1) is 7.28. The molecule has 1 aromatic heterocycles. The first kappa shape index (κ1) is 12.2. The second kappa shape index (κ2) is 4.30. The molecule has 0 radical (unpaired) electrons. The number of nitrogens with zero attached hydrogens (tertiary/aromatic N) is 2. The minimum atomic E-state index is -0.716. The van der Waals surface area contributed by atoms with Crippen LogP contribution in [0.2, 0.25) is 0 Å². The Kier molecular flexibility index (Phi) is 3.26. The number of carbonyl (C=O) groups excluding carboxylic acids is 2. The third-order valence-electron chi connectivity index (χ3n) is 1.33. The lowest BCUT2D eigenvalue weighted by atomic mass is 10.2. The maximum atomic E-state index is 11.3. The van der Waals surface area contributed by atoms with Gasteiger partial charge in [0, 0.05) is 6.92 Å². The van der Waals surface area contributed by atoms with E-state index < -0.39 is 11.7 Å². The number of carbonyl (C=O) groups is 2. The predicted molar refractivity (Wildman–Crippen MR) is 54.2 cm³/mol. The van der Waals surface area contributed by atoms with Gasteiger partial charge in [0.25, 0.3) is 5.89 Å². The first-order valence-electron chi connectivity index (χ1n) is 4.62. The molecule has 0 atom stereocenters. The van der Waals surface area contributed by atoms with Crippen LogP contribution >= 0.6 is 0 Å². The van der Waals surface area contributed by atoms with E-state index in [1.165, 1.54) is 6.92 Å². The molecule has 0 spiro atoms. The highest BCUT2D eigenvalue weighted by Crippen LogP contribution is 2.10. The number of Topliss-reactive ketones (excluding diaryl/α,β-unsaturated/α-hetero) is 1. The highest BCUT2D eigenvalue weighted by molar-refractivity contribution is 5.89. The van der Waals surface area contributed by atoms with Crippen molar-refractivity contribution < 1.29 is 18.7 Å². The molecule has 1 amide bonds. The normalized spacial score (nSPS) is 11.0. The Morgan fingerprint density at radius 3 is 2.38 bits per heavy atom. The molecule has 0 saturated carbocycles. The van der Waals surface area contributed by atoms with Gasteiger partial charge >= 0.3 is 12.1 Å². The van der Waals surface area contributed by atoms with Crippen LogP contribution in [0.5, 0.6) is 0 Å². The SMILES string of the molecule is CC(=O)c1nnc(NC(=O)OC(C)(C)C)o1. The monoisotopic (exact) mass is 227 g/mol. The number of anilines is 1. The summed E-state index contributed by atoms with van der Waals surface area (Å²) in [6.45, 7) is 6.45. The van der Waals surface area contributed by atoms with Gasteiger partial charge in [-0.3, -0.25) is 4.79 Å². The van der Waals surface area contributed by atoms with Gasteiger partial charge in [-0.1, -0.05) is 5.10 Å². The summed E-state index contributed by atoms with van der Waals surface area (Å²) >= 11 is 0. The summed E-state index contributed by atoms with van der Waals surface area (Å²) in [7, 11) is 0. The Labute approximate surface area is 92.2 Å². The summed E-state index contributed by atoms with van der Waals surface area (Å²) in [6, 6.07) is -0.167. The molecular formula is C9H13N3O4. The van der Waals surface area contributed by atoms with E-state index in [2.05, 4.69) is 15.5 Å². The molecule has 1 N–H and O–H groups in total. The van der Waals surface area contributed by atoms with Crippen LogP contribution < -0.4 is 5.32 Å². The van der Waals surface area contributed by atoms with Gasteiger partial charge in [0.05, 0.1) is 0 Å². The van der Waals surface area contributed by atoms with Crippen LogP contribution in [0.3, 0.4) is 0 Å². The Balaban J connectivity index is 2.60. The Hall–Kier alpha value is -1.92. The number of ether oxygens (including phenoxy) is 1. The Morgan fingerprint density at radius 1 is 1.31 bits per heavy atom. The molecule has 16 heavy (non-hydrogen) atoms. The second-order valence-corrected chi connectivity index (χ2v) is 4.10. The van der Waals surface area contributed by atoms with Crippen molar-refractivity contribution in [1.82, 2.24) is 10.2 Å². The lowest BCUT2D eigenvalue weighted by Crippen LogP contribution is -2.27. The van der Waals surface area contributed by atoms with Gasteiger partial charge in [0.2, 0.25) is 5.78 Å².